The van der Waals surface area contributed by atoms with Crippen LogP contribution in [0.1, 0.15) is 6.42 Å². The van der Waals surface area contributed by atoms with Crippen molar-refractivity contribution < 1.29 is 25.5 Å². The van der Waals surface area contributed by atoms with Crippen molar-refractivity contribution in [3.63, 3.8) is 0 Å². The first-order valence-corrected chi connectivity index (χ1v) is 3.66. The van der Waals surface area contributed by atoms with Gasteiger partial charge in [-0.3, -0.25) is 0 Å². The summed E-state index contributed by atoms with van der Waals surface area (Å²) in [7, 11) is 0. The molecule has 0 fully saturated rings. The third kappa shape index (κ3) is 4.60. The van der Waals surface area contributed by atoms with Crippen molar-refractivity contribution in [3.05, 3.63) is 0 Å². The van der Waals surface area contributed by atoms with Crippen LogP contribution in [0.5, 0.6) is 0 Å². The van der Waals surface area contributed by atoms with Gasteiger partial charge in [0.05, 0.1) is 6.61 Å². The summed E-state index contributed by atoms with van der Waals surface area (Å²) in [6, 6.07) is 0. The quantitative estimate of drug-likeness (QED) is 0.285. The normalized spacial score (nSPS) is 12.5. The van der Waals surface area contributed by atoms with Crippen molar-refractivity contribution in [2.45, 2.75) is 12.5 Å². The van der Waals surface area contributed by atoms with Crippen LogP contribution >= 0.6 is 0 Å². The Bertz CT molecular complexity index is 113. The molecule has 0 saturated heterocycles. The Labute approximate surface area is 70.3 Å². The second kappa shape index (κ2) is 5.41. The predicted octanol–water partition coefficient (Wildman–Crippen LogP) is -2.75. The molecule has 6 nitrogen and oxygen atoms in total. The second-order valence-electron chi connectivity index (χ2n) is 2.39. The summed E-state index contributed by atoms with van der Waals surface area (Å²) >= 11 is 0. The lowest BCUT2D eigenvalue weighted by atomic mass is 10.4. The predicted molar refractivity (Wildman–Crippen MR) is 39.7 cm³/mol. The smallest absolute Gasteiger partial charge is 0.345 e. The summed E-state index contributed by atoms with van der Waals surface area (Å²) in [6.07, 6.45) is -2.62. The van der Waals surface area contributed by atoms with E-state index in [0.717, 1.165) is 4.90 Å². The lowest BCUT2D eigenvalue weighted by Gasteiger charge is -2.29. The maximum absolute atomic E-state index is 8.68. The molecule has 0 aliphatic rings. The minimum atomic E-state index is -2.92. The number of rotatable bonds is 6. The number of aliphatic hydroxyl groups excluding tert-OH is 2. The Morgan fingerprint density at radius 1 is 0.917 bits per heavy atom. The van der Waals surface area contributed by atoms with Crippen LogP contribution in [-0.4, -0.2) is 62.8 Å². The molecule has 0 aromatic carbocycles. The second-order valence-corrected chi connectivity index (χ2v) is 2.39. The molecule has 5 N–H and O–H groups in total. The molecule has 0 bridgehead atoms. The SMILES string of the molecule is OCCCN(CCO)C(O)(O)O. The van der Waals surface area contributed by atoms with Crippen LogP contribution < -0.4 is 0 Å². The average Bonchev–Trinajstić information content (AvgIpc) is 1.95. The number of hydrogen-bond acceptors (Lipinski definition) is 6. The molecular weight excluding hydrogens is 166 g/mol. The summed E-state index contributed by atoms with van der Waals surface area (Å²) in [5, 5.41) is 42.9. The van der Waals surface area contributed by atoms with Gasteiger partial charge in [0, 0.05) is 19.7 Å². The highest BCUT2D eigenvalue weighted by Crippen LogP contribution is 2.03. The first-order chi connectivity index (χ1) is 5.52. The van der Waals surface area contributed by atoms with Crippen LogP contribution in [-0.2, 0) is 0 Å². The Morgan fingerprint density at radius 3 is 1.83 bits per heavy atom. The molecule has 74 valence electrons. The first-order valence-electron chi connectivity index (χ1n) is 3.66. The highest BCUT2D eigenvalue weighted by Gasteiger charge is 2.27. The highest BCUT2D eigenvalue weighted by molar-refractivity contribution is 4.57. The molecule has 0 aromatic rings. The Balaban J connectivity index is 3.86. The van der Waals surface area contributed by atoms with E-state index in [1.807, 2.05) is 0 Å². The molecule has 0 radical (unpaired) electrons. The van der Waals surface area contributed by atoms with Gasteiger partial charge in [-0.1, -0.05) is 0 Å². The van der Waals surface area contributed by atoms with Crippen LogP contribution in [0.4, 0.5) is 0 Å². The van der Waals surface area contributed by atoms with E-state index >= 15 is 0 Å². The summed E-state index contributed by atoms with van der Waals surface area (Å²) in [4.78, 5) is 0.837. The van der Waals surface area contributed by atoms with Gasteiger partial charge < -0.3 is 25.5 Å². The number of hydrogen-bond donors (Lipinski definition) is 5. The lowest BCUT2D eigenvalue weighted by Crippen LogP contribution is -2.50. The molecule has 0 heterocycles. The van der Waals surface area contributed by atoms with Gasteiger partial charge in [-0.25, -0.2) is 4.90 Å². The molecule has 6 heteroatoms. The summed E-state index contributed by atoms with van der Waals surface area (Å²) in [5.74, 6) is 0. The highest BCUT2D eigenvalue weighted by atomic mass is 16.7. The number of aliphatic hydroxyl groups is 5. The molecule has 0 unspecified atom stereocenters. The summed E-state index contributed by atoms with van der Waals surface area (Å²) in [5.41, 5.74) is 0. The third-order valence-corrected chi connectivity index (χ3v) is 1.38. The fourth-order valence-corrected chi connectivity index (χ4v) is 0.794. The van der Waals surface area contributed by atoms with Gasteiger partial charge in [0.2, 0.25) is 0 Å². The third-order valence-electron chi connectivity index (χ3n) is 1.38. The van der Waals surface area contributed by atoms with Gasteiger partial charge in [-0.05, 0) is 6.42 Å². The summed E-state index contributed by atoms with van der Waals surface area (Å²) in [6.45, 7) is -0.378. The van der Waals surface area contributed by atoms with Gasteiger partial charge in [0.1, 0.15) is 0 Å². The van der Waals surface area contributed by atoms with Crippen molar-refractivity contribution in [1.29, 1.82) is 0 Å². The van der Waals surface area contributed by atoms with E-state index in [2.05, 4.69) is 0 Å². The van der Waals surface area contributed by atoms with Crippen LogP contribution in [0.2, 0.25) is 0 Å². The van der Waals surface area contributed by atoms with Crippen molar-refractivity contribution in [3.8, 4) is 0 Å². The molecule has 12 heavy (non-hydrogen) atoms. The van der Waals surface area contributed by atoms with E-state index < -0.39 is 6.10 Å². The largest absolute Gasteiger partial charge is 0.396 e. The fraction of sp³-hybridized carbons (Fsp3) is 1.00. The molecule has 0 rings (SSSR count). The van der Waals surface area contributed by atoms with Gasteiger partial charge in [-0.2, -0.15) is 0 Å². The van der Waals surface area contributed by atoms with Gasteiger partial charge in [0.15, 0.2) is 0 Å². The maximum Gasteiger partial charge on any atom is 0.345 e. The molecule has 0 aliphatic heterocycles. The van der Waals surface area contributed by atoms with Gasteiger partial charge in [0.25, 0.3) is 0 Å². The van der Waals surface area contributed by atoms with Crippen molar-refractivity contribution in [2.24, 2.45) is 0 Å². The maximum atomic E-state index is 8.68. The van der Waals surface area contributed by atoms with Gasteiger partial charge >= 0.3 is 6.10 Å². The van der Waals surface area contributed by atoms with Crippen molar-refractivity contribution in [2.75, 3.05) is 26.3 Å². The van der Waals surface area contributed by atoms with E-state index in [4.69, 9.17) is 25.5 Å². The van der Waals surface area contributed by atoms with E-state index in [0.29, 0.717) is 6.42 Å². The van der Waals surface area contributed by atoms with Crippen molar-refractivity contribution >= 4 is 0 Å². The zero-order chi connectivity index (χ0) is 9.61. The average molecular weight is 181 g/mol. The van der Waals surface area contributed by atoms with E-state index in [1.54, 1.807) is 0 Å². The zero-order valence-corrected chi connectivity index (χ0v) is 6.72. The van der Waals surface area contributed by atoms with E-state index in [9.17, 15) is 0 Å². The molecule has 0 spiro atoms. The molecule has 0 atom stereocenters. The Morgan fingerprint density at radius 2 is 1.50 bits per heavy atom. The van der Waals surface area contributed by atoms with Crippen LogP contribution in [0.15, 0.2) is 0 Å². The lowest BCUT2D eigenvalue weighted by molar-refractivity contribution is -0.394. The molecule has 0 saturated carbocycles. The monoisotopic (exact) mass is 181 g/mol. The molecule has 0 amide bonds. The summed E-state index contributed by atoms with van der Waals surface area (Å²) < 4.78 is 0. The minimum Gasteiger partial charge on any atom is -0.396 e. The standard InChI is InChI=1S/C6H15NO5/c8-4-1-2-7(3-5-9)6(10,11)12/h8-12H,1-5H2. The van der Waals surface area contributed by atoms with E-state index in [1.165, 1.54) is 0 Å². The van der Waals surface area contributed by atoms with Crippen molar-refractivity contribution in [1.82, 2.24) is 4.90 Å². The Hall–Kier alpha value is -0.240. The zero-order valence-electron chi connectivity index (χ0n) is 6.72. The van der Waals surface area contributed by atoms with Crippen LogP contribution in [0.25, 0.3) is 0 Å². The van der Waals surface area contributed by atoms with Gasteiger partial charge in [-0.15, -0.1) is 0 Å². The van der Waals surface area contributed by atoms with E-state index in [-0.39, 0.29) is 26.3 Å². The van der Waals surface area contributed by atoms with Crippen LogP contribution in [0, 0.1) is 0 Å². The Kier molecular flexibility index (Phi) is 5.31. The molecule has 0 aromatic heterocycles. The fourth-order valence-electron chi connectivity index (χ4n) is 0.794. The minimum absolute atomic E-state index is 0.0660. The van der Waals surface area contributed by atoms with Crippen LogP contribution in [0.3, 0.4) is 0 Å². The topological polar surface area (TPSA) is 104 Å². The number of nitrogens with zero attached hydrogens (tertiary/aromatic N) is 1. The molecular formula is C6H15NO5. The first kappa shape index (κ1) is 11.8. The molecule has 0 aliphatic carbocycles.